The molecule has 0 aromatic carbocycles. The summed E-state index contributed by atoms with van der Waals surface area (Å²) in [4.78, 5) is 8.71. The third kappa shape index (κ3) is 3.18. The van der Waals surface area contributed by atoms with Crippen LogP contribution in [0.15, 0.2) is 10.7 Å². The Labute approximate surface area is 115 Å². The van der Waals surface area contributed by atoms with Crippen LogP contribution in [0.25, 0.3) is 0 Å². The first kappa shape index (κ1) is 13.7. The third-order valence-electron chi connectivity index (χ3n) is 3.20. The zero-order valence-electron chi connectivity index (χ0n) is 10.4. The number of aromatic nitrogens is 2. The summed E-state index contributed by atoms with van der Waals surface area (Å²) in [5.74, 6) is 1.54. The number of rotatable bonds is 4. The Morgan fingerprint density at radius 2 is 2.17 bits per heavy atom. The lowest BCUT2D eigenvalue weighted by molar-refractivity contribution is 0.0378. The number of hydrogen-bond donors (Lipinski definition) is 2. The lowest BCUT2D eigenvalue weighted by Gasteiger charge is -2.36. The number of nitrogens with zero attached hydrogens (tertiary/aromatic N) is 2. The van der Waals surface area contributed by atoms with E-state index in [9.17, 15) is 5.11 Å². The van der Waals surface area contributed by atoms with E-state index in [2.05, 4.69) is 31.2 Å². The molecule has 2 rings (SSSR count). The van der Waals surface area contributed by atoms with E-state index in [0.717, 1.165) is 35.5 Å². The molecule has 1 aromatic heterocycles. The minimum absolute atomic E-state index is 0.0828. The molecule has 0 radical (unpaired) electrons. The Kier molecular flexibility index (Phi) is 4.53. The van der Waals surface area contributed by atoms with Gasteiger partial charge in [-0.05, 0) is 28.8 Å². The van der Waals surface area contributed by atoms with E-state index in [0.29, 0.717) is 13.2 Å². The Hall–Kier alpha value is -0.720. The van der Waals surface area contributed by atoms with Crippen molar-refractivity contribution in [2.45, 2.75) is 31.7 Å². The van der Waals surface area contributed by atoms with Crippen LogP contribution in [0.5, 0.6) is 0 Å². The van der Waals surface area contributed by atoms with Gasteiger partial charge in [0, 0.05) is 25.7 Å². The molecule has 0 bridgehead atoms. The van der Waals surface area contributed by atoms with E-state index in [1.54, 1.807) is 0 Å². The minimum atomic E-state index is -0.322. The fraction of sp³-hybridized carbons (Fsp3) is 0.667. The molecular formula is C12H18BrN3O2. The van der Waals surface area contributed by atoms with Crippen LogP contribution in [0, 0.1) is 0 Å². The van der Waals surface area contributed by atoms with Crippen molar-refractivity contribution in [1.29, 1.82) is 0 Å². The van der Waals surface area contributed by atoms with E-state index in [1.165, 1.54) is 0 Å². The van der Waals surface area contributed by atoms with Gasteiger partial charge in [-0.25, -0.2) is 9.97 Å². The van der Waals surface area contributed by atoms with Gasteiger partial charge in [-0.1, -0.05) is 6.92 Å². The second-order valence-corrected chi connectivity index (χ2v) is 5.33. The second-order valence-electron chi connectivity index (χ2n) is 4.52. The standard InChI is InChI=1S/C12H18BrN3O2/c1-2-10-14-9(13)7-11(15-10)16-12(8-17)3-5-18-6-4-12/h7,17H,2-6,8H2,1H3,(H,14,15,16). The van der Waals surface area contributed by atoms with Crippen molar-refractivity contribution in [2.75, 3.05) is 25.1 Å². The van der Waals surface area contributed by atoms with Gasteiger partial charge in [0.2, 0.25) is 0 Å². The van der Waals surface area contributed by atoms with Crippen LogP contribution >= 0.6 is 15.9 Å². The van der Waals surface area contributed by atoms with Gasteiger partial charge in [0.1, 0.15) is 16.2 Å². The third-order valence-corrected chi connectivity index (χ3v) is 3.61. The van der Waals surface area contributed by atoms with Crippen molar-refractivity contribution in [3.05, 3.63) is 16.5 Å². The first-order valence-electron chi connectivity index (χ1n) is 6.18. The van der Waals surface area contributed by atoms with Crippen LogP contribution < -0.4 is 5.32 Å². The lowest BCUT2D eigenvalue weighted by atomic mass is 9.91. The van der Waals surface area contributed by atoms with Crippen molar-refractivity contribution in [1.82, 2.24) is 9.97 Å². The van der Waals surface area contributed by atoms with Gasteiger partial charge >= 0.3 is 0 Å². The maximum absolute atomic E-state index is 9.63. The Bertz CT molecular complexity index is 408. The molecule has 1 fully saturated rings. The van der Waals surface area contributed by atoms with Gasteiger partial charge in [-0.15, -0.1) is 0 Å². The van der Waals surface area contributed by atoms with E-state index in [-0.39, 0.29) is 12.1 Å². The fourth-order valence-corrected chi connectivity index (χ4v) is 2.46. The van der Waals surface area contributed by atoms with Gasteiger partial charge in [0.15, 0.2) is 0 Å². The molecule has 1 aliphatic rings. The van der Waals surface area contributed by atoms with Crippen LogP contribution in [0.2, 0.25) is 0 Å². The maximum atomic E-state index is 9.63. The quantitative estimate of drug-likeness (QED) is 0.829. The zero-order valence-corrected chi connectivity index (χ0v) is 12.0. The van der Waals surface area contributed by atoms with Gasteiger partial charge in [0.05, 0.1) is 12.1 Å². The molecule has 100 valence electrons. The molecule has 2 heterocycles. The lowest BCUT2D eigenvalue weighted by Crippen LogP contribution is -2.47. The summed E-state index contributed by atoms with van der Waals surface area (Å²) in [6, 6.07) is 1.84. The highest BCUT2D eigenvalue weighted by Gasteiger charge is 2.32. The van der Waals surface area contributed by atoms with Crippen LogP contribution in [-0.4, -0.2) is 40.4 Å². The number of aliphatic hydroxyl groups excluding tert-OH is 1. The predicted molar refractivity (Wildman–Crippen MR) is 72.6 cm³/mol. The normalized spacial score (nSPS) is 18.6. The van der Waals surface area contributed by atoms with Crippen molar-refractivity contribution >= 4 is 21.7 Å². The molecule has 0 amide bonds. The molecule has 6 heteroatoms. The van der Waals surface area contributed by atoms with Crippen LogP contribution in [0.1, 0.15) is 25.6 Å². The highest BCUT2D eigenvalue weighted by Crippen LogP contribution is 2.25. The summed E-state index contributed by atoms with van der Waals surface area (Å²) in [5.41, 5.74) is -0.322. The molecule has 1 aliphatic heterocycles. The molecule has 1 aromatic rings. The highest BCUT2D eigenvalue weighted by molar-refractivity contribution is 9.10. The predicted octanol–water partition coefficient (Wildman–Crippen LogP) is 1.75. The first-order valence-corrected chi connectivity index (χ1v) is 6.97. The number of aryl methyl sites for hydroxylation is 1. The highest BCUT2D eigenvalue weighted by atomic mass is 79.9. The Morgan fingerprint density at radius 3 is 2.78 bits per heavy atom. The first-order chi connectivity index (χ1) is 8.67. The van der Waals surface area contributed by atoms with Crippen molar-refractivity contribution in [2.24, 2.45) is 0 Å². The molecule has 5 nitrogen and oxygen atoms in total. The largest absolute Gasteiger partial charge is 0.394 e. The number of anilines is 1. The van der Waals surface area contributed by atoms with Gasteiger partial charge in [-0.3, -0.25) is 0 Å². The summed E-state index contributed by atoms with van der Waals surface area (Å²) in [5, 5.41) is 13.0. The summed E-state index contributed by atoms with van der Waals surface area (Å²) in [6.45, 7) is 3.43. The smallest absolute Gasteiger partial charge is 0.131 e. The molecule has 0 saturated carbocycles. The Morgan fingerprint density at radius 1 is 1.44 bits per heavy atom. The van der Waals surface area contributed by atoms with Crippen LogP contribution in [0.4, 0.5) is 5.82 Å². The number of nitrogens with one attached hydrogen (secondary N) is 1. The minimum Gasteiger partial charge on any atom is -0.394 e. The van der Waals surface area contributed by atoms with E-state index in [4.69, 9.17) is 4.74 Å². The van der Waals surface area contributed by atoms with Gasteiger partial charge in [-0.2, -0.15) is 0 Å². The summed E-state index contributed by atoms with van der Waals surface area (Å²) in [7, 11) is 0. The van der Waals surface area contributed by atoms with Crippen molar-refractivity contribution in [3.8, 4) is 0 Å². The van der Waals surface area contributed by atoms with Gasteiger partial charge in [0.25, 0.3) is 0 Å². The average molecular weight is 316 g/mol. The average Bonchev–Trinajstić information content (AvgIpc) is 2.39. The van der Waals surface area contributed by atoms with Crippen LogP contribution in [0.3, 0.4) is 0 Å². The number of aliphatic hydroxyl groups is 1. The van der Waals surface area contributed by atoms with E-state index >= 15 is 0 Å². The summed E-state index contributed by atoms with van der Waals surface area (Å²) >= 11 is 3.38. The Balaban J connectivity index is 2.18. The molecule has 0 spiro atoms. The second kappa shape index (κ2) is 5.95. The molecular weight excluding hydrogens is 298 g/mol. The molecule has 1 saturated heterocycles. The number of hydrogen-bond acceptors (Lipinski definition) is 5. The molecule has 2 N–H and O–H groups in total. The molecule has 0 unspecified atom stereocenters. The molecule has 18 heavy (non-hydrogen) atoms. The number of ether oxygens (including phenoxy) is 1. The topological polar surface area (TPSA) is 67.3 Å². The monoisotopic (exact) mass is 315 g/mol. The summed E-state index contributed by atoms with van der Waals surface area (Å²) < 4.78 is 6.10. The van der Waals surface area contributed by atoms with E-state index in [1.807, 2.05) is 13.0 Å². The van der Waals surface area contributed by atoms with E-state index < -0.39 is 0 Å². The number of halogens is 1. The molecule has 0 atom stereocenters. The zero-order chi connectivity index (χ0) is 13.0. The fourth-order valence-electron chi connectivity index (χ4n) is 2.04. The summed E-state index contributed by atoms with van der Waals surface area (Å²) in [6.07, 6.45) is 2.35. The van der Waals surface area contributed by atoms with Crippen LogP contribution in [-0.2, 0) is 11.2 Å². The SMILES string of the molecule is CCc1nc(Br)cc(NC2(CO)CCOCC2)n1. The maximum Gasteiger partial charge on any atom is 0.131 e. The van der Waals surface area contributed by atoms with Crippen molar-refractivity contribution < 1.29 is 9.84 Å². The van der Waals surface area contributed by atoms with Crippen molar-refractivity contribution in [3.63, 3.8) is 0 Å². The van der Waals surface area contributed by atoms with Gasteiger partial charge < -0.3 is 15.2 Å². The molecule has 0 aliphatic carbocycles.